The quantitative estimate of drug-likeness (QED) is 0.609. The normalized spacial score (nSPS) is 32.5. The van der Waals surface area contributed by atoms with Crippen molar-refractivity contribution in [3.8, 4) is 12.3 Å². The molecule has 1 aliphatic carbocycles. The van der Waals surface area contributed by atoms with Crippen molar-refractivity contribution in [3.63, 3.8) is 0 Å². The maximum atomic E-state index is 11.8. The number of carbonyl (C=O) groups is 1. The van der Waals surface area contributed by atoms with Gasteiger partial charge in [-0.05, 0) is 26.7 Å². The third-order valence-electron chi connectivity index (χ3n) is 3.96. The molecule has 1 saturated carbocycles. The predicted molar refractivity (Wildman–Crippen MR) is 60.4 cm³/mol. The van der Waals surface area contributed by atoms with Crippen molar-refractivity contribution in [2.24, 2.45) is 5.92 Å². The van der Waals surface area contributed by atoms with Gasteiger partial charge in [-0.15, -0.1) is 6.42 Å². The van der Waals surface area contributed by atoms with Gasteiger partial charge in [0.05, 0.1) is 5.54 Å². The summed E-state index contributed by atoms with van der Waals surface area (Å²) in [5.41, 5.74) is -0.200. The van der Waals surface area contributed by atoms with Gasteiger partial charge in [-0.1, -0.05) is 12.3 Å². The van der Waals surface area contributed by atoms with Crippen LogP contribution in [0.15, 0.2) is 0 Å². The number of rotatable bonds is 1. The van der Waals surface area contributed by atoms with Crippen molar-refractivity contribution in [1.29, 1.82) is 0 Å². The van der Waals surface area contributed by atoms with E-state index in [0.29, 0.717) is 18.2 Å². The Bertz CT molecular complexity index is 313. The zero-order valence-electron chi connectivity index (χ0n) is 9.62. The van der Waals surface area contributed by atoms with Gasteiger partial charge >= 0.3 is 0 Å². The van der Waals surface area contributed by atoms with Crippen LogP contribution in [0.1, 0.15) is 39.5 Å². The Morgan fingerprint density at radius 2 is 2.20 bits per heavy atom. The summed E-state index contributed by atoms with van der Waals surface area (Å²) in [5, 5.41) is 0. The average molecular weight is 205 g/mol. The number of Topliss-reactive ketones (excluding diaryl/α,β-unsaturated/α-hetero) is 1. The van der Waals surface area contributed by atoms with Gasteiger partial charge in [0.2, 0.25) is 0 Å². The summed E-state index contributed by atoms with van der Waals surface area (Å²) in [6, 6.07) is 0.414. The molecule has 2 unspecified atom stereocenters. The molecule has 1 aliphatic heterocycles. The third-order valence-corrected chi connectivity index (χ3v) is 3.96. The summed E-state index contributed by atoms with van der Waals surface area (Å²) in [6.07, 6.45) is 9.65. The molecular weight excluding hydrogens is 186 g/mol. The minimum Gasteiger partial charge on any atom is -0.299 e. The van der Waals surface area contributed by atoms with Crippen LogP contribution in [0.4, 0.5) is 0 Å². The van der Waals surface area contributed by atoms with Gasteiger partial charge in [0.25, 0.3) is 0 Å². The number of piperidine rings is 1. The van der Waals surface area contributed by atoms with Gasteiger partial charge in [0, 0.05) is 24.9 Å². The lowest BCUT2D eigenvalue weighted by Gasteiger charge is -2.44. The SMILES string of the molecule is C#CC(C)(C)N1CCC(=O)C2CCCC21. The fourth-order valence-electron chi connectivity index (χ4n) is 3.05. The fraction of sp³-hybridized carbons (Fsp3) is 0.769. The molecule has 0 N–H and O–H groups in total. The van der Waals surface area contributed by atoms with Crippen LogP contribution < -0.4 is 0 Å². The zero-order chi connectivity index (χ0) is 11.1. The molecule has 1 saturated heterocycles. The van der Waals surface area contributed by atoms with E-state index in [1.54, 1.807) is 0 Å². The Morgan fingerprint density at radius 3 is 2.87 bits per heavy atom. The minimum absolute atomic E-state index is 0.200. The average Bonchev–Trinajstić information content (AvgIpc) is 2.67. The topological polar surface area (TPSA) is 20.3 Å². The highest BCUT2D eigenvalue weighted by Crippen LogP contribution is 2.38. The molecule has 2 aliphatic rings. The zero-order valence-corrected chi connectivity index (χ0v) is 9.62. The highest BCUT2D eigenvalue weighted by Gasteiger charge is 2.44. The van der Waals surface area contributed by atoms with E-state index in [4.69, 9.17) is 6.42 Å². The summed E-state index contributed by atoms with van der Waals surface area (Å²) in [7, 11) is 0. The molecule has 1 heterocycles. The largest absolute Gasteiger partial charge is 0.299 e. The standard InChI is InChI=1S/C13H19NO/c1-4-13(2,3)14-9-8-12(15)10-6-5-7-11(10)14/h1,10-11H,5-9H2,2-3H3. The highest BCUT2D eigenvalue weighted by atomic mass is 16.1. The number of nitrogens with zero attached hydrogens (tertiary/aromatic N) is 1. The fourth-order valence-corrected chi connectivity index (χ4v) is 3.05. The molecule has 2 heteroatoms. The van der Waals surface area contributed by atoms with Gasteiger partial charge in [-0.2, -0.15) is 0 Å². The lowest BCUT2D eigenvalue weighted by Crippen LogP contribution is -2.55. The van der Waals surface area contributed by atoms with Gasteiger partial charge in [0.1, 0.15) is 5.78 Å². The molecule has 0 amide bonds. The van der Waals surface area contributed by atoms with Crippen molar-refractivity contribution in [1.82, 2.24) is 4.90 Å². The monoisotopic (exact) mass is 205 g/mol. The first-order valence-corrected chi connectivity index (χ1v) is 5.83. The maximum Gasteiger partial charge on any atom is 0.138 e. The first kappa shape index (κ1) is 10.7. The number of carbonyl (C=O) groups excluding carboxylic acids is 1. The Kier molecular flexibility index (Phi) is 2.60. The van der Waals surface area contributed by atoms with Crippen LogP contribution in [-0.4, -0.2) is 28.8 Å². The van der Waals surface area contributed by atoms with Crippen LogP contribution >= 0.6 is 0 Å². The predicted octanol–water partition coefficient (Wildman–Crippen LogP) is 1.84. The van der Waals surface area contributed by atoms with E-state index < -0.39 is 0 Å². The molecule has 0 aromatic carbocycles. The second-order valence-corrected chi connectivity index (χ2v) is 5.22. The number of terminal acetylenes is 1. The first-order chi connectivity index (χ1) is 7.06. The van der Waals surface area contributed by atoms with E-state index in [9.17, 15) is 4.79 Å². The van der Waals surface area contributed by atoms with Crippen LogP contribution in [-0.2, 0) is 4.79 Å². The van der Waals surface area contributed by atoms with E-state index >= 15 is 0 Å². The van der Waals surface area contributed by atoms with Crippen LogP contribution in [0.25, 0.3) is 0 Å². The van der Waals surface area contributed by atoms with E-state index in [2.05, 4.69) is 24.7 Å². The molecule has 2 rings (SSSR count). The lowest BCUT2D eigenvalue weighted by atomic mass is 9.86. The second-order valence-electron chi connectivity index (χ2n) is 5.22. The molecule has 0 bridgehead atoms. The first-order valence-electron chi connectivity index (χ1n) is 5.83. The number of hydrogen-bond acceptors (Lipinski definition) is 2. The molecule has 2 fully saturated rings. The number of fused-ring (bicyclic) bond motifs is 1. The van der Waals surface area contributed by atoms with Crippen molar-refractivity contribution in [2.75, 3.05) is 6.54 Å². The Balaban J connectivity index is 2.22. The highest BCUT2D eigenvalue weighted by molar-refractivity contribution is 5.83. The van der Waals surface area contributed by atoms with Crippen molar-refractivity contribution >= 4 is 5.78 Å². The smallest absolute Gasteiger partial charge is 0.138 e. The van der Waals surface area contributed by atoms with E-state index in [1.165, 1.54) is 6.42 Å². The van der Waals surface area contributed by atoms with Crippen molar-refractivity contribution in [2.45, 2.75) is 51.1 Å². The minimum atomic E-state index is -0.200. The second kappa shape index (κ2) is 3.64. The van der Waals surface area contributed by atoms with Gasteiger partial charge in [-0.25, -0.2) is 0 Å². The molecule has 2 nitrogen and oxygen atoms in total. The molecule has 82 valence electrons. The third kappa shape index (κ3) is 1.70. The molecule has 0 aromatic rings. The van der Waals surface area contributed by atoms with Crippen molar-refractivity contribution in [3.05, 3.63) is 0 Å². The summed E-state index contributed by atoms with van der Waals surface area (Å²) in [5.74, 6) is 3.58. The molecule has 0 spiro atoms. The molecule has 15 heavy (non-hydrogen) atoms. The van der Waals surface area contributed by atoms with Crippen LogP contribution in [0, 0.1) is 18.3 Å². The maximum absolute atomic E-state index is 11.8. The summed E-state index contributed by atoms with van der Waals surface area (Å²) >= 11 is 0. The molecule has 2 atom stereocenters. The summed E-state index contributed by atoms with van der Waals surface area (Å²) in [6.45, 7) is 5.01. The van der Waals surface area contributed by atoms with Gasteiger partial charge in [-0.3, -0.25) is 9.69 Å². The van der Waals surface area contributed by atoms with Crippen molar-refractivity contribution < 1.29 is 4.79 Å². The van der Waals surface area contributed by atoms with Gasteiger partial charge in [0.15, 0.2) is 0 Å². The molecular formula is C13H19NO. The van der Waals surface area contributed by atoms with Crippen LogP contribution in [0.5, 0.6) is 0 Å². The number of hydrogen-bond donors (Lipinski definition) is 0. The summed E-state index contributed by atoms with van der Waals surface area (Å²) in [4.78, 5) is 14.1. The van der Waals surface area contributed by atoms with E-state index in [0.717, 1.165) is 19.4 Å². The molecule has 0 radical (unpaired) electrons. The Labute approximate surface area is 92.0 Å². The summed E-state index contributed by atoms with van der Waals surface area (Å²) < 4.78 is 0. The van der Waals surface area contributed by atoms with Gasteiger partial charge < -0.3 is 0 Å². The van der Waals surface area contributed by atoms with E-state index in [-0.39, 0.29) is 11.5 Å². The van der Waals surface area contributed by atoms with E-state index in [1.807, 2.05) is 0 Å². The number of ketones is 1. The molecule has 0 aromatic heterocycles. The lowest BCUT2D eigenvalue weighted by molar-refractivity contribution is -0.129. The van der Waals surface area contributed by atoms with Crippen LogP contribution in [0.3, 0.4) is 0 Å². The van der Waals surface area contributed by atoms with Crippen LogP contribution in [0.2, 0.25) is 0 Å². The number of likely N-dealkylation sites (tertiary alicyclic amines) is 1. The Hall–Kier alpha value is -0.810. The Morgan fingerprint density at radius 1 is 1.47 bits per heavy atom.